The number of carbonyl (C=O) groups is 1. The normalized spacial score (nSPS) is 25.0. The number of ether oxygens (including phenoxy) is 2. The van der Waals surface area contributed by atoms with Gasteiger partial charge in [-0.15, -0.1) is 0 Å². The highest BCUT2D eigenvalue weighted by Gasteiger charge is 2.45. The fraction of sp³-hybridized carbons (Fsp3) is 0.486. The Bertz CT molecular complexity index is 1470. The van der Waals surface area contributed by atoms with Gasteiger partial charge in [0, 0.05) is 22.8 Å². The average Bonchev–Trinajstić information content (AvgIpc) is 3.00. The van der Waals surface area contributed by atoms with Gasteiger partial charge in [0.1, 0.15) is 0 Å². The summed E-state index contributed by atoms with van der Waals surface area (Å²) in [4.78, 5) is 18.5. The van der Waals surface area contributed by atoms with Crippen molar-refractivity contribution in [3.63, 3.8) is 0 Å². The maximum atomic E-state index is 13.9. The van der Waals surface area contributed by atoms with Crippen LogP contribution in [-0.4, -0.2) is 47.8 Å². The van der Waals surface area contributed by atoms with Crippen molar-refractivity contribution >= 4 is 23.2 Å². The average molecular weight is 617 g/mol. The quantitative estimate of drug-likeness (QED) is 0.281. The molecule has 3 aromatic rings. The van der Waals surface area contributed by atoms with Crippen LogP contribution in [0.3, 0.4) is 0 Å². The van der Waals surface area contributed by atoms with Crippen LogP contribution in [0.5, 0.6) is 11.5 Å². The minimum Gasteiger partial charge on any atom is -0.493 e. The van der Waals surface area contributed by atoms with Crippen LogP contribution in [0.25, 0.3) is 0 Å². The van der Waals surface area contributed by atoms with Gasteiger partial charge in [-0.1, -0.05) is 49.2 Å². The molecule has 4 unspecified atom stereocenters. The van der Waals surface area contributed by atoms with Gasteiger partial charge >= 0.3 is 0 Å². The van der Waals surface area contributed by atoms with Crippen molar-refractivity contribution < 1.29 is 19.4 Å². The summed E-state index contributed by atoms with van der Waals surface area (Å²) in [7, 11) is 1.62. The lowest BCUT2D eigenvalue weighted by atomic mass is 9.69. The highest BCUT2D eigenvalue weighted by Crippen LogP contribution is 2.47. The van der Waals surface area contributed by atoms with E-state index in [9.17, 15) is 9.90 Å². The van der Waals surface area contributed by atoms with E-state index in [0.717, 1.165) is 47.3 Å². The van der Waals surface area contributed by atoms with Crippen LogP contribution >= 0.6 is 11.6 Å². The minimum atomic E-state index is -0.945. The molecule has 0 radical (unpaired) electrons. The molecular weight excluding hydrogens is 572 g/mol. The predicted octanol–water partition coefficient (Wildman–Crippen LogP) is 7.68. The summed E-state index contributed by atoms with van der Waals surface area (Å²) in [5.74, 6) is 1.47. The van der Waals surface area contributed by atoms with E-state index in [1.54, 1.807) is 7.11 Å². The Balaban J connectivity index is 1.36. The van der Waals surface area contributed by atoms with Crippen LogP contribution < -0.4 is 14.4 Å². The monoisotopic (exact) mass is 616 g/mol. The Morgan fingerprint density at radius 1 is 1.00 bits per heavy atom. The number of nitrogens with zero attached hydrogens (tertiary/aromatic N) is 2. The molecule has 3 heterocycles. The van der Waals surface area contributed by atoms with E-state index in [4.69, 9.17) is 21.1 Å². The van der Waals surface area contributed by atoms with Crippen molar-refractivity contribution in [2.75, 3.05) is 18.6 Å². The molecule has 3 aromatic carbocycles. The predicted molar refractivity (Wildman–Crippen MR) is 176 cm³/mol. The first-order valence-electron chi connectivity index (χ1n) is 16.1. The summed E-state index contributed by atoms with van der Waals surface area (Å²) in [5, 5.41) is 12.6. The summed E-state index contributed by atoms with van der Waals surface area (Å²) in [6.45, 7) is 9.29. The summed E-state index contributed by atoms with van der Waals surface area (Å²) in [6.07, 6.45) is 5.97. The Labute approximate surface area is 266 Å². The van der Waals surface area contributed by atoms with Gasteiger partial charge in [0.05, 0.1) is 31.3 Å². The lowest BCUT2D eigenvalue weighted by Gasteiger charge is -2.51. The van der Waals surface area contributed by atoms with E-state index in [1.807, 2.05) is 86.3 Å². The lowest BCUT2D eigenvalue weighted by molar-refractivity contribution is -0.118. The van der Waals surface area contributed by atoms with Crippen molar-refractivity contribution in [1.82, 2.24) is 4.90 Å². The van der Waals surface area contributed by atoms with Crippen LogP contribution in [0, 0.1) is 5.92 Å². The van der Waals surface area contributed by atoms with Crippen molar-refractivity contribution in [2.24, 2.45) is 5.92 Å². The highest BCUT2D eigenvalue weighted by molar-refractivity contribution is 6.30. The van der Waals surface area contributed by atoms with Gasteiger partial charge in [0.15, 0.2) is 11.5 Å². The molecule has 2 saturated heterocycles. The maximum absolute atomic E-state index is 13.9. The standard InChI is InChI=1S/C37H45ClN2O4/c1-6-39-30-8-7-9-31(39)21-27(20-30)37(4,42)26-12-16-29(17-13-26)40-35(41)19-25-18-33(43-5)34(44-23(2)3)22-32(25)36(40)24-10-14-28(38)15-11-24/h10-18,22-23,27,30-31,36,42H,6-9,19-21H2,1-5H3. The minimum absolute atomic E-state index is 0.00342. The number of aliphatic hydroxyl groups is 1. The van der Waals surface area contributed by atoms with Crippen LogP contribution in [-0.2, 0) is 16.8 Å². The number of piperidine rings is 2. The van der Waals surface area contributed by atoms with Crippen molar-refractivity contribution in [3.8, 4) is 11.5 Å². The van der Waals surface area contributed by atoms with Crippen LogP contribution in [0.1, 0.15) is 88.1 Å². The molecule has 2 bridgehead atoms. The van der Waals surface area contributed by atoms with Crippen molar-refractivity contribution in [3.05, 3.63) is 87.9 Å². The van der Waals surface area contributed by atoms with Gasteiger partial charge in [-0.25, -0.2) is 0 Å². The van der Waals surface area contributed by atoms with E-state index in [0.29, 0.717) is 28.6 Å². The molecule has 3 aliphatic rings. The second-order valence-electron chi connectivity index (χ2n) is 13.2. The Morgan fingerprint density at radius 2 is 1.66 bits per heavy atom. The van der Waals surface area contributed by atoms with Gasteiger partial charge < -0.3 is 19.5 Å². The number of fused-ring (bicyclic) bond motifs is 3. The molecule has 0 aromatic heterocycles. The van der Waals surface area contributed by atoms with E-state index in [-0.39, 0.29) is 30.4 Å². The smallest absolute Gasteiger partial charge is 0.232 e. The molecule has 6 nitrogen and oxygen atoms in total. The summed E-state index contributed by atoms with van der Waals surface area (Å²) < 4.78 is 11.8. The number of hydrogen-bond donors (Lipinski definition) is 1. The number of methoxy groups -OCH3 is 1. The first-order chi connectivity index (χ1) is 21.1. The van der Waals surface area contributed by atoms with E-state index in [1.165, 1.54) is 19.3 Å². The van der Waals surface area contributed by atoms with E-state index < -0.39 is 5.60 Å². The molecule has 44 heavy (non-hydrogen) atoms. The van der Waals surface area contributed by atoms with Crippen molar-refractivity contribution in [2.45, 2.75) is 96.1 Å². The molecule has 4 atom stereocenters. The third-order valence-electron chi connectivity index (χ3n) is 10.2. The Hall–Kier alpha value is -3.06. The molecule has 0 aliphatic carbocycles. The largest absolute Gasteiger partial charge is 0.493 e. The van der Waals surface area contributed by atoms with Gasteiger partial charge in [0.2, 0.25) is 5.91 Å². The summed E-state index contributed by atoms with van der Waals surface area (Å²) >= 11 is 6.28. The first-order valence-corrected chi connectivity index (χ1v) is 16.5. The molecule has 6 rings (SSSR count). The van der Waals surface area contributed by atoms with E-state index >= 15 is 0 Å². The summed E-state index contributed by atoms with van der Waals surface area (Å²) in [6, 6.07) is 20.4. The SMILES string of the molecule is CCN1C2CCCC1CC(C(C)(O)c1ccc(N3C(=O)Cc4cc(OC)c(OC(C)C)cc4C3c3ccc(Cl)cc3)cc1)C2. The highest BCUT2D eigenvalue weighted by atomic mass is 35.5. The van der Waals surface area contributed by atoms with Crippen LogP contribution in [0.2, 0.25) is 5.02 Å². The number of halogens is 1. The molecule has 3 aliphatic heterocycles. The molecule has 7 heteroatoms. The van der Waals surface area contributed by atoms with E-state index in [2.05, 4.69) is 11.8 Å². The third kappa shape index (κ3) is 5.73. The third-order valence-corrected chi connectivity index (χ3v) is 10.4. The van der Waals surface area contributed by atoms with Gasteiger partial charge in [-0.3, -0.25) is 9.69 Å². The van der Waals surface area contributed by atoms with Gasteiger partial charge in [-0.2, -0.15) is 0 Å². The zero-order chi connectivity index (χ0) is 31.2. The molecule has 1 amide bonds. The molecule has 2 fully saturated rings. The lowest BCUT2D eigenvalue weighted by Crippen LogP contribution is -2.54. The summed E-state index contributed by atoms with van der Waals surface area (Å²) in [5.41, 5.74) is 3.62. The number of benzene rings is 3. The molecule has 0 saturated carbocycles. The zero-order valence-electron chi connectivity index (χ0n) is 26.6. The van der Waals surface area contributed by atoms with Gasteiger partial charge in [0.25, 0.3) is 0 Å². The van der Waals surface area contributed by atoms with Gasteiger partial charge in [-0.05, 0) is 118 Å². The number of anilines is 1. The number of carbonyl (C=O) groups excluding carboxylic acids is 1. The maximum Gasteiger partial charge on any atom is 0.232 e. The molecule has 234 valence electrons. The van der Waals surface area contributed by atoms with Crippen LogP contribution in [0.4, 0.5) is 5.69 Å². The molecular formula is C37H45ClN2O4. The Kier molecular flexibility index (Phi) is 8.71. The molecule has 1 N–H and O–H groups in total. The topological polar surface area (TPSA) is 62.2 Å². The number of hydrogen-bond acceptors (Lipinski definition) is 5. The molecule has 0 spiro atoms. The second kappa shape index (κ2) is 12.4. The fourth-order valence-electron chi connectivity index (χ4n) is 7.98. The fourth-order valence-corrected chi connectivity index (χ4v) is 8.10. The zero-order valence-corrected chi connectivity index (χ0v) is 27.3. The Morgan fingerprint density at radius 3 is 2.25 bits per heavy atom. The van der Waals surface area contributed by atoms with Crippen LogP contribution in [0.15, 0.2) is 60.7 Å². The second-order valence-corrected chi connectivity index (χ2v) is 13.6. The van der Waals surface area contributed by atoms with Crippen molar-refractivity contribution in [1.29, 1.82) is 0 Å². The number of rotatable bonds is 8. The first kappa shape index (κ1) is 30.9. The number of amides is 1.